The van der Waals surface area contributed by atoms with Crippen molar-refractivity contribution in [3.63, 3.8) is 0 Å². The molecular formula is C29H44N4O5. The van der Waals surface area contributed by atoms with Crippen molar-refractivity contribution in [2.24, 2.45) is 0 Å². The molecule has 1 saturated heterocycles. The van der Waals surface area contributed by atoms with Gasteiger partial charge in [0.15, 0.2) is 0 Å². The molecule has 38 heavy (non-hydrogen) atoms. The quantitative estimate of drug-likeness (QED) is 0.334. The average molecular weight is 529 g/mol. The van der Waals surface area contributed by atoms with Crippen LogP contribution in [-0.2, 0) is 22.5 Å². The number of hydrogen-bond donors (Lipinski definition) is 2. The highest BCUT2D eigenvalue weighted by Crippen LogP contribution is 2.22. The number of rotatable bonds is 13. The summed E-state index contributed by atoms with van der Waals surface area (Å²) in [5.41, 5.74) is 1.45. The van der Waals surface area contributed by atoms with Gasteiger partial charge >= 0.3 is 6.09 Å². The van der Waals surface area contributed by atoms with E-state index in [0.717, 1.165) is 12.0 Å². The molecule has 210 valence electrons. The lowest BCUT2D eigenvalue weighted by Crippen LogP contribution is -2.47. The third-order valence-electron chi connectivity index (χ3n) is 6.62. The van der Waals surface area contributed by atoms with Crippen LogP contribution < -0.4 is 5.32 Å². The topological polar surface area (TPSA) is 118 Å². The minimum Gasteiger partial charge on any atom is -0.444 e. The Labute approximate surface area is 226 Å². The van der Waals surface area contributed by atoms with Crippen LogP contribution in [0.2, 0.25) is 0 Å². The number of hydrogen-bond acceptors (Lipinski definition) is 7. The first-order chi connectivity index (χ1) is 18.2. The standard InChI is InChI=1S/C29H44N4O5/c1-5-6-7-8-9-10-11-12-13-21-14-16-22(17-15-21)26-31-25(38-32-26)19-30-27(35)24-18-23(34)20-33(24)28(36)37-29(2,3)4/h14-17,23-24,34H,5-13,18-20H2,1-4H3,(H,30,35)/t23-,24-/m0/s1. The molecule has 9 nitrogen and oxygen atoms in total. The molecule has 2 heterocycles. The molecule has 1 aliphatic rings. The fourth-order valence-electron chi connectivity index (χ4n) is 4.59. The van der Waals surface area contributed by atoms with Crippen LogP contribution in [0.15, 0.2) is 28.8 Å². The van der Waals surface area contributed by atoms with Gasteiger partial charge < -0.3 is 19.7 Å². The van der Waals surface area contributed by atoms with Gasteiger partial charge in [-0.25, -0.2) is 4.79 Å². The van der Waals surface area contributed by atoms with Crippen LogP contribution >= 0.6 is 0 Å². The van der Waals surface area contributed by atoms with E-state index in [4.69, 9.17) is 9.26 Å². The predicted molar refractivity (Wildman–Crippen MR) is 145 cm³/mol. The summed E-state index contributed by atoms with van der Waals surface area (Å²) in [5, 5.41) is 16.8. The summed E-state index contributed by atoms with van der Waals surface area (Å²) in [5.74, 6) is 0.316. The first-order valence-corrected chi connectivity index (χ1v) is 14.0. The summed E-state index contributed by atoms with van der Waals surface area (Å²) >= 11 is 0. The number of aryl methyl sites for hydroxylation is 1. The number of nitrogens with one attached hydrogen (secondary N) is 1. The third-order valence-corrected chi connectivity index (χ3v) is 6.62. The van der Waals surface area contributed by atoms with Gasteiger partial charge in [-0.05, 0) is 39.2 Å². The number of aliphatic hydroxyl groups excluding tert-OH is 1. The summed E-state index contributed by atoms with van der Waals surface area (Å²) in [7, 11) is 0. The SMILES string of the molecule is CCCCCCCCCCc1ccc(-c2noc(CNC(=O)[C@@H]3C[C@H](O)CN3C(=O)OC(C)(C)C)n2)cc1. The largest absolute Gasteiger partial charge is 0.444 e. The number of ether oxygens (including phenoxy) is 1. The zero-order valence-corrected chi connectivity index (χ0v) is 23.4. The molecule has 1 aliphatic heterocycles. The Morgan fingerprint density at radius 3 is 2.39 bits per heavy atom. The molecule has 0 saturated carbocycles. The van der Waals surface area contributed by atoms with Gasteiger partial charge in [0, 0.05) is 12.0 Å². The Morgan fingerprint density at radius 1 is 1.08 bits per heavy atom. The van der Waals surface area contributed by atoms with E-state index in [1.54, 1.807) is 20.8 Å². The third kappa shape index (κ3) is 9.42. The number of benzene rings is 1. The summed E-state index contributed by atoms with van der Waals surface area (Å²) < 4.78 is 10.7. The molecule has 2 atom stereocenters. The predicted octanol–water partition coefficient (Wildman–Crippen LogP) is 5.41. The van der Waals surface area contributed by atoms with Crippen molar-refractivity contribution < 1.29 is 24.0 Å². The Hall–Kier alpha value is -2.94. The molecule has 1 fully saturated rings. The highest BCUT2D eigenvalue weighted by atomic mass is 16.6. The van der Waals surface area contributed by atoms with Crippen molar-refractivity contribution in [1.29, 1.82) is 0 Å². The van der Waals surface area contributed by atoms with E-state index in [9.17, 15) is 14.7 Å². The van der Waals surface area contributed by atoms with Crippen molar-refractivity contribution in [2.75, 3.05) is 6.54 Å². The second-order valence-corrected chi connectivity index (χ2v) is 11.2. The first kappa shape index (κ1) is 29.6. The second-order valence-electron chi connectivity index (χ2n) is 11.2. The lowest BCUT2D eigenvalue weighted by Gasteiger charge is -2.27. The van der Waals surface area contributed by atoms with Crippen LogP contribution in [0.25, 0.3) is 11.4 Å². The number of aromatic nitrogens is 2. The highest BCUT2D eigenvalue weighted by molar-refractivity contribution is 5.86. The number of likely N-dealkylation sites (tertiary alicyclic amines) is 1. The zero-order valence-electron chi connectivity index (χ0n) is 23.4. The molecule has 2 N–H and O–H groups in total. The van der Waals surface area contributed by atoms with E-state index < -0.39 is 29.7 Å². The van der Waals surface area contributed by atoms with Crippen LogP contribution in [0.1, 0.15) is 96.9 Å². The van der Waals surface area contributed by atoms with Crippen molar-refractivity contribution in [2.45, 2.75) is 116 Å². The maximum absolute atomic E-state index is 12.8. The van der Waals surface area contributed by atoms with Gasteiger partial charge in [-0.15, -0.1) is 0 Å². The molecule has 0 aliphatic carbocycles. The minimum atomic E-state index is -0.823. The van der Waals surface area contributed by atoms with E-state index in [2.05, 4.69) is 34.5 Å². The van der Waals surface area contributed by atoms with Crippen molar-refractivity contribution >= 4 is 12.0 Å². The second kappa shape index (κ2) is 14.3. The van der Waals surface area contributed by atoms with Crippen LogP contribution in [0.3, 0.4) is 0 Å². The Balaban J connectivity index is 1.44. The molecule has 0 unspecified atom stereocenters. The molecular weight excluding hydrogens is 484 g/mol. The number of aliphatic hydroxyl groups is 1. The van der Waals surface area contributed by atoms with E-state index in [-0.39, 0.29) is 25.4 Å². The molecule has 2 aromatic rings. The monoisotopic (exact) mass is 528 g/mol. The van der Waals surface area contributed by atoms with Crippen LogP contribution in [0.4, 0.5) is 4.79 Å². The lowest BCUT2D eigenvalue weighted by atomic mass is 10.0. The van der Waals surface area contributed by atoms with Gasteiger partial charge in [-0.3, -0.25) is 9.69 Å². The van der Waals surface area contributed by atoms with Crippen molar-refractivity contribution in [1.82, 2.24) is 20.4 Å². The molecule has 2 amide bonds. The average Bonchev–Trinajstić information content (AvgIpc) is 3.50. The summed E-state index contributed by atoms with van der Waals surface area (Å²) in [6.45, 7) is 7.58. The smallest absolute Gasteiger partial charge is 0.411 e. The van der Waals surface area contributed by atoms with E-state index in [0.29, 0.717) is 5.82 Å². The van der Waals surface area contributed by atoms with Gasteiger partial charge in [-0.2, -0.15) is 4.98 Å². The maximum Gasteiger partial charge on any atom is 0.411 e. The van der Waals surface area contributed by atoms with Crippen LogP contribution in [-0.4, -0.2) is 56.4 Å². The summed E-state index contributed by atoms with van der Waals surface area (Å²) in [6, 6.07) is 7.37. The molecule has 9 heteroatoms. The van der Waals surface area contributed by atoms with Crippen LogP contribution in [0.5, 0.6) is 0 Å². The molecule has 1 aromatic carbocycles. The van der Waals surface area contributed by atoms with E-state index >= 15 is 0 Å². The summed E-state index contributed by atoms with van der Waals surface area (Å²) in [4.78, 5) is 30.9. The number of carbonyl (C=O) groups is 2. The Bertz CT molecular complexity index is 1010. The van der Waals surface area contributed by atoms with Gasteiger partial charge in [0.25, 0.3) is 0 Å². The van der Waals surface area contributed by atoms with Gasteiger partial charge in [0.2, 0.25) is 17.6 Å². The normalized spacial score (nSPS) is 17.6. The number of amides is 2. The first-order valence-electron chi connectivity index (χ1n) is 14.0. The minimum absolute atomic E-state index is 0.0249. The maximum atomic E-state index is 12.8. The Morgan fingerprint density at radius 2 is 1.74 bits per heavy atom. The van der Waals surface area contributed by atoms with Gasteiger partial charge in [0.05, 0.1) is 19.2 Å². The van der Waals surface area contributed by atoms with Gasteiger partial charge in [-0.1, -0.05) is 81.3 Å². The van der Waals surface area contributed by atoms with E-state index in [1.807, 2.05) is 12.1 Å². The van der Waals surface area contributed by atoms with Crippen molar-refractivity contribution in [3.8, 4) is 11.4 Å². The summed E-state index contributed by atoms with van der Waals surface area (Å²) in [6.07, 6.45) is 10.3. The highest BCUT2D eigenvalue weighted by Gasteiger charge is 2.40. The number of β-amino-alcohol motifs (C(OH)–C–C–N with tert-alkyl or cyclic N) is 1. The van der Waals surface area contributed by atoms with E-state index in [1.165, 1.54) is 61.8 Å². The number of carbonyl (C=O) groups excluding carboxylic acids is 2. The number of nitrogens with zero attached hydrogens (tertiary/aromatic N) is 3. The van der Waals surface area contributed by atoms with Crippen molar-refractivity contribution in [3.05, 3.63) is 35.7 Å². The molecule has 0 radical (unpaired) electrons. The van der Waals surface area contributed by atoms with Crippen LogP contribution in [0, 0.1) is 0 Å². The molecule has 0 bridgehead atoms. The molecule has 3 rings (SSSR count). The fraction of sp³-hybridized carbons (Fsp3) is 0.655. The number of unbranched alkanes of at least 4 members (excludes halogenated alkanes) is 7. The Kier molecular flexibility index (Phi) is 11.1. The molecule has 1 aromatic heterocycles. The zero-order chi connectivity index (χ0) is 27.5. The molecule has 0 spiro atoms. The lowest BCUT2D eigenvalue weighted by molar-refractivity contribution is -0.125. The fourth-order valence-corrected chi connectivity index (χ4v) is 4.59. The van der Waals surface area contributed by atoms with Gasteiger partial charge in [0.1, 0.15) is 11.6 Å².